The Labute approximate surface area is 187 Å². The van der Waals surface area contributed by atoms with Gasteiger partial charge in [0.1, 0.15) is 0 Å². The fourth-order valence-corrected chi connectivity index (χ4v) is 21.8. The van der Waals surface area contributed by atoms with E-state index in [1.165, 1.54) is 23.1 Å². The summed E-state index contributed by atoms with van der Waals surface area (Å²) in [5, 5.41) is 0.796. The monoisotopic (exact) mass is 508 g/mol. The largest absolute Gasteiger partial charge is 1.00 e. The Morgan fingerprint density at radius 3 is 2.41 bits per heavy atom. The van der Waals surface area contributed by atoms with Crippen LogP contribution in [0.5, 0.6) is 0 Å². The van der Waals surface area contributed by atoms with Crippen molar-refractivity contribution in [2.24, 2.45) is 0 Å². The Morgan fingerprint density at radius 2 is 1.78 bits per heavy atom. The predicted octanol–water partition coefficient (Wildman–Crippen LogP) is 0.796. The van der Waals surface area contributed by atoms with Crippen LogP contribution >= 0.6 is 11.6 Å². The van der Waals surface area contributed by atoms with Gasteiger partial charge < -0.3 is 24.8 Å². The quantitative estimate of drug-likeness (QED) is 0.536. The average Bonchev–Trinajstić information content (AvgIpc) is 3.26. The summed E-state index contributed by atoms with van der Waals surface area (Å²) in [6.45, 7) is 5.07. The van der Waals surface area contributed by atoms with Crippen LogP contribution in [-0.2, 0) is 20.4 Å². The second-order valence-electron chi connectivity index (χ2n) is 6.89. The van der Waals surface area contributed by atoms with Crippen LogP contribution in [0.25, 0.3) is 17.2 Å². The van der Waals surface area contributed by atoms with Gasteiger partial charge in [-0.1, -0.05) is 0 Å². The van der Waals surface area contributed by atoms with Gasteiger partial charge >= 0.3 is 164 Å². The Bertz CT molecular complexity index is 952. The fraction of sp³-hybridized carbons (Fsp3) is 0.182. The maximum atomic E-state index is 6.07. The van der Waals surface area contributed by atoms with E-state index in [1.54, 1.807) is 8.84 Å². The molecule has 0 saturated heterocycles. The molecule has 0 N–H and O–H groups in total. The molecule has 2 aliphatic carbocycles. The van der Waals surface area contributed by atoms with Crippen LogP contribution in [0.2, 0.25) is 18.1 Å². The molecule has 2 aromatic carbocycles. The van der Waals surface area contributed by atoms with Gasteiger partial charge in [-0.2, -0.15) is 0 Å². The molecule has 0 saturated carbocycles. The van der Waals surface area contributed by atoms with Crippen molar-refractivity contribution in [1.82, 2.24) is 0 Å². The van der Waals surface area contributed by atoms with E-state index < -0.39 is 20.4 Å². The number of benzene rings is 2. The van der Waals surface area contributed by atoms with Crippen molar-refractivity contribution in [3.8, 4) is 11.1 Å². The third-order valence-corrected chi connectivity index (χ3v) is 23.4. The number of rotatable bonds is 3. The molecular weight excluding hydrogens is 490 g/mol. The molecule has 1 atom stereocenters. The molecule has 0 fully saturated rings. The van der Waals surface area contributed by atoms with E-state index >= 15 is 0 Å². The van der Waals surface area contributed by atoms with Crippen molar-refractivity contribution < 1.29 is 45.2 Å². The van der Waals surface area contributed by atoms with Gasteiger partial charge in [0.2, 0.25) is 0 Å². The van der Waals surface area contributed by atoms with E-state index in [0.717, 1.165) is 5.02 Å². The summed E-state index contributed by atoms with van der Waals surface area (Å²) in [5.74, 6) is 0. The standard InChI is InChI=1S/C15H10Cl.C5H5.C2H6Si.2ClH.Zr/c16-13-9-7-12(8-10-13)15-6-2-4-11-3-1-5-14(11)15;1-2-4-5-3-1;1-3-2;;;/h1-10H;1-3H,4H2;1-2H3;2*1H;/q;;;;;+2/p-2. The second-order valence-corrected chi connectivity index (χ2v) is 25.0. The first-order valence-electron chi connectivity index (χ1n) is 8.75. The zero-order chi connectivity index (χ0) is 17.4. The Hall–Kier alpha value is -0.370. The van der Waals surface area contributed by atoms with Crippen LogP contribution in [0.15, 0.2) is 70.0 Å². The van der Waals surface area contributed by atoms with E-state index in [-0.39, 0.29) is 30.2 Å². The molecule has 5 heteroatoms. The van der Waals surface area contributed by atoms with Gasteiger partial charge in [0, 0.05) is 0 Å². The van der Waals surface area contributed by atoms with E-state index in [9.17, 15) is 0 Å². The van der Waals surface area contributed by atoms with Crippen LogP contribution in [0.4, 0.5) is 0 Å². The van der Waals surface area contributed by atoms with Gasteiger partial charge in [-0.05, 0) is 0 Å². The summed E-state index contributed by atoms with van der Waals surface area (Å²) in [4.78, 5) is 0. The Kier molecular flexibility index (Phi) is 8.40. The van der Waals surface area contributed by atoms with Crippen molar-refractivity contribution in [2.45, 2.75) is 23.1 Å². The number of hydrogen-bond acceptors (Lipinski definition) is 0. The average molecular weight is 511 g/mol. The first-order valence-corrected chi connectivity index (χ1v) is 18.0. The van der Waals surface area contributed by atoms with E-state index in [4.69, 9.17) is 11.6 Å². The maximum absolute atomic E-state index is 6.07. The number of hydrogen-bond donors (Lipinski definition) is 0. The van der Waals surface area contributed by atoms with Gasteiger partial charge in [-0.3, -0.25) is 0 Å². The molecule has 0 amide bonds. The van der Waals surface area contributed by atoms with Crippen LogP contribution in [-0.4, -0.2) is 5.43 Å². The van der Waals surface area contributed by atoms with E-state index in [2.05, 4.69) is 73.8 Å². The van der Waals surface area contributed by atoms with Crippen LogP contribution < -0.4 is 24.8 Å². The summed E-state index contributed by atoms with van der Waals surface area (Å²) < 4.78 is 2.51. The molecule has 0 aromatic heterocycles. The zero-order valence-corrected chi connectivity index (χ0v) is 21.1. The van der Waals surface area contributed by atoms with Crippen LogP contribution in [0, 0.1) is 0 Å². The number of allylic oxidation sites excluding steroid dienone is 5. The van der Waals surface area contributed by atoms with Gasteiger partial charge in [0.25, 0.3) is 0 Å². The molecule has 0 radical (unpaired) electrons. The first-order chi connectivity index (χ1) is 12.1. The fourth-order valence-electron chi connectivity index (χ4n) is 3.95. The van der Waals surface area contributed by atoms with Gasteiger partial charge in [0.15, 0.2) is 0 Å². The van der Waals surface area contributed by atoms with Crippen molar-refractivity contribution >= 4 is 23.1 Å². The van der Waals surface area contributed by atoms with Crippen molar-refractivity contribution in [2.75, 3.05) is 0 Å². The summed E-state index contributed by atoms with van der Waals surface area (Å²) >= 11 is 4.41. The minimum atomic E-state index is -1.66. The van der Waals surface area contributed by atoms with Crippen LogP contribution in [0.3, 0.4) is 0 Å². The first kappa shape index (κ1) is 22.9. The van der Waals surface area contributed by atoms with E-state index in [0.29, 0.717) is 3.63 Å². The van der Waals surface area contributed by atoms with E-state index in [1.807, 2.05) is 12.1 Å². The summed E-state index contributed by atoms with van der Waals surface area (Å²) in [6, 6.07) is 15.1. The minimum absolute atomic E-state index is 0. The third-order valence-electron chi connectivity index (χ3n) is 5.05. The molecule has 0 aliphatic heterocycles. The van der Waals surface area contributed by atoms with Crippen molar-refractivity contribution in [1.29, 1.82) is 0 Å². The molecule has 1 unspecified atom stereocenters. The predicted molar refractivity (Wildman–Crippen MR) is 108 cm³/mol. The third kappa shape index (κ3) is 4.62. The van der Waals surface area contributed by atoms with Gasteiger partial charge in [0.05, 0.1) is 0 Å². The van der Waals surface area contributed by atoms with Crippen LogP contribution in [0.1, 0.15) is 21.2 Å². The smallest absolute Gasteiger partial charge is 1.00 e. The normalized spacial score (nSPS) is 15.9. The van der Waals surface area contributed by atoms with Crippen molar-refractivity contribution in [3.05, 3.63) is 86.2 Å². The zero-order valence-electron chi connectivity index (χ0n) is 15.3. The summed E-state index contributed by atoms with van der Waals surface area (Å²) in [5.41, 5.74) is 5.36. The molecule has 4 rings (SSSR count). The van der Waals surface area contributed by atoms with Gasteiger partial charge in [-0.25, -0.2) is 0 Å². The Balaban J connectivity index is 0.00000131. The topological polar surface area (TPSA) is 0 Å². The summed E-state index contributed by atoms with van der Waals surface area (Å²) in [6.07, 6.45) is 13.2. The molecule has 2 aliphatic rings. The Morgan fingerprint density at radius 1 is 1.04 bits per heavy atom. The molecular formula is C22H21Cl3SiZr. The molecule has 0 heterocycles. The van der Waals surface area contributed by atoms with Crippen molar-refractivity contribution in [3.63, 3.8) is 0 Å². The number of fused-ring (bicyclic) bond motifs is 1. The molecule has 0 nitrogen and oxygen atoms in total. The molecule has 27 heavy (non-hydrogen) atoms. The molecule has 138 valence electrons. The molecule has 0 bridgehead atoms. The maximum Gasteiger partial charge on any atom is -1.00 e. The molecule has 0 spiro atoms. The SMILES string of the molecule is C[Si](C)=[Zr+2]([C]1=CC=CC1)[CH]1C=Cc2c(-c3ccc(Cl)cc3)cccc21.[Cl-].[Cl-]. The summed E-state index contributed by atoms with van der Waals surface area (Å²) in [7, 11) is 0. The second kappa shape index (κ2) is 9.90. The van der Waals surface area contributed by atoms with Gasteiger partial charge in [-0.15, -0.1) is 0 Å². The molecule has 2 aromatic rings. The number of halogens is 3. The minimum Gasteiger partial charge on any atom is -1.00 e.